The summed E-state index contributed by atoms with van der Waals surface area (Å²) >= 11 is 0. The number of aliphatic hydroxyl groups is 1. The second-order valence-electron chi connectivity index (χ2n) is 8.45. The first-order valence-corrected chi connectivity index (χ1v) is 11.2. The molecule has 1 aliphatic heterocycles. The Labute approximate surface area is 209 Å². The molecule has 1 amide bonds. The van der Waals surface area contributed by atoms with Gasteiger partial charge in [0.2, 0.25) is 5.75 Å². The van der Waals surface area contributed by atoms with Crippen LogP contribution in [0.4, 0.5) is 4.39 Å². The number of methoxy groups -OCH3 is 4. The van der Waals surface area contributed by atoms with E-state index in [0.717, 1.165) is 6.07 Å². The minimum absolute atomic E-state index is 0.0405. The maximum absolute atomic E-state index is 14.1. The highest BCUT2D eigenvalue weighted by Gasteiger charge is 2.46. The van der Waals surface area contributed by atoms with Crippen molar-refractivity contribution < 1.29 is 38.0 Å². The van der Waals surface area contributed by atoms with Gasteiger partial charge in [-0.3, -0.25) is 9.59 Å². The lowest BCUT2D eigenvalue weighted by Gasteiger charge is -2.27. The number of hydrogen-bond donors (Lipinski definition) is 1. The van der Waals surface area contributed by atoms with E-state index in [-0.39, 0.29) is 23.4 Å². The number of ether oxygens (including phenoxy) is 4. The minimum atomic E-state index is -0.992. The third-order valence-corrected chi connectivity index (χ3v) is 5.96. The molecule has 0 aliphatic carbocycles. The van der Waals surface area contributed by atoms with Gasteiger partial charge in [0, 0.05) is 6.54 Å². The third kappa shape index (κ3) is 5.08. The molecule has 0 aromatic heterocycles. The van der Waals surface area contributed by atoms with Gasteiger partial charge in [0.15, 0.2) is 11.5 Å². The van der Waals surface area contributed by atoms with Gasteiger partial charge in [0.25, 0.3) is 11.7 Å². The molecule has 0 saturated carbocycles. The lowest BCUT2D eigenvalue weighted by atomic mass is 9.94. The number of carbonyl (C=O) groups excluding carboxylic acids is 2. The quantitative estimate of drug-likeness (QED) is 0.301. The molecule has 194 valence electrons. The fourth-order valence-corrected chi connectivity index (χ4v) is 4.28. The molecular weight excluding hydrogens is 471 g/mol. The lowest BCUT2D eigenvalue weighted by molar-refractivity contribution is -0.139. The summed E-state index contributed by atoms with van der Waals surface area (Å²) in [6, 6.07) is 5.81. The SMILES string of the molecule is COc1ccc(F)cc1/C(O)=C1\C(=O)C(=O)N(CCCN(C)C)C1c1cc(OC)c(OC)c(OC)c1. The average Bonchev–Trinajstić information content (AvgIpc) is 3.12. The highest BCUT2D eigenvalue weighted by Crippen LogP contribution is 2.46. The number of aliphatic hydroxyl groups excluding tert-OH is 1. The largest absolute Gasteiger partial charge is 0.507 e. The van der Waals surface area contributed by atoms with Gasteiger partial charge in [-0.05, 0) is 63.0 Å². The predicted molar refractivity (Wildman–Crippen MR) is 131 cm³/mol. The molecule has 0 bridgehead atoms. The van der Waals surface area contributed by atoms with Gasteiger partial charge < -0.3 is 33.9 Å². The predicted octanol–water partition coefficient (Wildman–Crippen LogP) is 3.23. The Morgan fingerprint density at radius 1 is 0.972 bits per heavy atom. The number of hydrogen-bond acceptors (Lipinski definition) is 8. The summed E-state index contributed by atoms with van der Waals surface area (Å²) in [4.78, 5) is 29.8. The van der Waals surface area contributed by atoms with Crippen molar-refractivity contribution in [3.05, 3.63) is 52.8 Å². The summed E-state index contributed by atoms with van der Waals surface area (Å²) in [5.41, 5.74) is 0.217. The van der Waals surface area contributed by atoms with Gasteiger partial charge in [0.1, 0.15) is 17.3 Å². The molecule has 2 aromatic carbocycles. The molecule has 0 spiro atoms. The van der Waals surface area contributed by atoms with E-state index < -0.39 is 29.3 Å². The maximum atomic E-state index is 14.1. The van der Waals surface area contributed by atoms with Crippen LogP contribution in [0.2, 0.25) is 0 Å². The van der Waals surface area contributed by atoms with Gasteiger partial charge in [0.05, 0.1) is 45.6 Å². The standard InChI is InChI=1S/C26H31FN2O7/c1-28(2)10-7-11-29-22(15-12-19(34-4)25(36-6)20(13-15)35-5)21(24(31)26(29)32)23(30)17-14-16(27)8-9-18(17)33-3/h8-9,12-14,22,30H,7,10-11H2,1-6H3/b23-21+. The molecule has 1 N–H and O–H groups in total. The molecule has 1 atom stereocenters. The number of benzene rings is 2. The van der Waals surface area contributed by atoms with Crippen LogP contribution >= 0.6 is 0 Å². The third-order valence-electron chi connectivity index (χ3n) is 5.96. The summed E-state index contributed by atoms with van der Waals surface area (Å²) in [7, 11) is 9.53. The number of halogens is 1. The maximum Gasteiger partial charge on any atom is 0.295 e. The smallest absolute Gasteiger partial charge is 0.295 e. The van der Waals surface area contributed by atoms with Crippen molar-refractivity contribution in [2.45, 2.75) is 12.5 Å². The molecule has 1 aliphatic rings. The first-order valence-electron chi connectivity index (χ1n) is 11.2. The summed E-state index contributed by atoms with van der Waals surface area (Å²) in [5.74, 6) is -1.73. The minimum Gasteiger partial charge on any atom is -0.507 e. The number of Topliss-reactive ketones (excluding diaryl/α,β-unsaturated/α-hetero) is 1. The number of rotatable bonds is 10. The zero-order chi connectivity index (χ0) is 26.6. The topological polar surface area (TPSA) is 97.8 Å². The Hall–Kier alpha value is -3.79. The fraction of sp³-hybridized carbons (Fsp3) is 0.385. The molecule has 36 heavy (non-hydrogen) atoms. The van der Waals surface area contributed by atoms with Gasteiger partial charge in [-0.1, -0.05) is 0 Å². The molecular formula is C26H31FN2O7. The number of carbonyl (C=O) groups is 2. The van der Waals surface area contributed by atoms with E-state index in [1.54, 1.807) is 12.1 Å². The van der Waals surface area contributed by atoms with Crippen LogP contribution in [0.1, 0.15) is 23.6 Å². The molecule has 1 saturated heterocycles. The van der Waals surface area contributed by atoms with Crippen molar-refractivity contribution >= 4 is 17.4 Å². The monoisotopic (exact) mass is 502 g/mol. The Bertz CT molecular complexity index is 1150. The number of nitrogens with zero attached hydrogens (tertiary/aromatic N) is 2. The molecule has 3 rings (SSSR count). The van der Waals surface area contributed by atoms with Crippen molar-refractivity contribution in [2.24, 2.45) is 0 Å². The van der Waals surface area contributed by atoms with E-state index in [2.05, 4.69) is 0 Å². The average molecular weight is 503 g/mol. The molecule has 0 radical (unpaired) electrons. The lowest BCUT2D eigenvalue weighted by Crippen LogP contribution is -2.32. The Kier molecular flexibility index (Phi) is 8.41. The van der Waals surface area contributed by atoms with Gasteiger partial charge in [-0.25, -0.2) is 4.39 Å². The molecule has 10 heteroatoms. The second-order valence-corrected chi connectivity index (χ2v) is 8.45. The first-order chi connectivity index (χ1) is 17.2. The van der Waals surface area contributed by atoms with Crippen molar-refractivity contribution in [2.75, 3.05) is 55.6 Å². The highest BCUT2D eigenvalue weighted by atomic mass is 19.1. The van der Waals surface area contributed by atoms with Crippen molar-refractivity contribution in [3.8, 4) is 23.0 Å². The van der Waals surface area contributed by atoms with Crippen LogP contribution in [0.5, 0.6) is 23.0 Å². The van der Waals surface area contributed by atoms with Crippen LogP contribution in [0.25, 0.3) is 5.76 Å². The number of likely N-dealkylation sites (tertiary alicyclic amines) is 1. The zero-order valence-corrected chi connectivity index (χ0v) is 21.3. The summed E-state index contributed by atoms with van der Waals surface area (Å²) in [6.07, 6.45) is 0.574. The van der Waals surface area contributed by atoms with E-state index >= 15 is 0 Å². The number of amides is 1. The summed E-state index contributed by atoms with van der Waals surface area (Å²) < 4.78 is 35.7. The van der Waals surface area contributed by atoms with Gasteiger partial charge >= 0.3 is 0 Å². The van der Waals surface area contributed by atoms with Crippen LogP contribution in [-0.4, -0.2) is 82.2 Å². The Balaban J connectivity index is 2.27. The second kappa shape index (κ2) is 11.3. The molecule has 2 aromatic rings. The van der Waals surface area contributed by atoms with E-state index in [4.69, 9.17) is 18.9 Å². The van der Waals surface area contributed by atoms with Crippen molar-refractivity contribution in [1.29, 1.82) is 0 Å². The normalized spacial score (nSPS) is 17.0. The van der Waals surface area contributed by atoms with Crippen LogP contribution in [0, 0.1) is 5.82 Å². The highest BCUT2D eigenvalue weighted by molar-refractivity contribution is 6.46. The van der Waals surface area contributed by atoms with Gasteiger partial charge in [-0.15, -0.1) is 0 Å². The fourth-order valence-electron chi connectivity index (χ4n) is 4.28. The van der Waals surface area contributed by atoms with Crippen molar-refractivity contribution in [1.82, 2.24) is 9.80 Å². The van der Waals surface area contributed by atoms with E-state index in [0.29, 0.717) is 35.8 Å². The van der Waals surface area contributed by atoms with E-state index in [1.807, 2.05) is 19.0 Å². The van der Waals surface area contributed by atoms with Crippen LogP contribution in [0.3, 0.4) is 0 Å². The zero-order valence-electron chi connectivity index (χ0n) is 21.3. The van der Waals surface area contributed by atoms with Crippen LogP contribution < -0.4 is 18.9 Å². The summed E-state index contributed by atoms with van der Waals surface area (Å²) in [5, 5.41) is 11.3. The summed E-state index contributed by atoms with van der Waals surface area (Å²) in [6.45, 7) is 0.907. The molecule has 1 unspecified atom stereocenters. The van der Waals surface area contributed by atoms with Crippen molar-refractivity contribution in [3.63, 3.8) is 0 Å². The van der Waals surface area contributed by atoms with Crippen LogP contribution in [-0.2, 0) is 9.59 Å². The first kappa shape index (κ1) is 26.8. The van der Waals surface area contributed by atoms with Crippen LogP contribution in [0.15, 0.2) is 35.9 Å². The molecule has 1 heterocycles. The Morgan fingerprint density at radius 3 is 2.11 bits per heavy atom. The van der Waals surface area contributed by atoms with Gasteiger partial charge in [-0.2, -0.15) is 0 Å². The molecule has 9 nitrogen and oxygen atoms in total. The molecule has 1 fully saturated rings. The number of ketones is 1. The van der Waals surface area contributed by atoms with E-state index in [1.165, 1.54) is 45.5 Å². The van der Waals surface area contributed by atoms with E-state index in [9.17, 15) is 19.1 Å². The Morgan fingerprint density at radius 2 is 1.58 bits per heavy atom.